The van der Waals surface area contributed by atoms with Crippen LogP contribution in [0.3, 0.4) is 0 Å². The van der Waals surface area contributed by atoms with Gasteiger partial charge in [-0.25, -0.2) is 9.37 Å². The largest absolute Gasteiger partial charge is 0.419 e. The zero-order valence-electron chi connectivity index (χ0n) is 15.3. The van der Waals surface area contributed by atoms with Gasteiger partial charge < -0.3 is 15.5 Å². The minimum Gasteiger partial charge on any atom is -0.395 e. The molecule has 1 amide bonds. The van der Waals surface area contributed by atoms with Crippen LogP contribution in [0.25, 0.3) is 27.7 Å². The van der Waals surface area contributed by atoms with Gasteiger partial charge in [0.2, 0.25) is 6.41 Å². The molecule has 3 aromatic heterocycles. The number of nitrogens with one attached hydrogen (secondary N) is 2. The number of H-pyrrole nitrogens is 1. The number of halogens is 4. The third kappa shape index (κ3) is 3.35. The van der Waals surface area contributed by atoms with Crippen molar-refractivity contribution < 1.29 is 22.4 Å². The number of hydrogen-bond donors (Lipinski definition) is 3. The first-order valence-electron chi connectivity index (χ1n) is 8.51. The van der Waals surface area contributed by atoms with Gasteiger partial charge in [0.25, 0.3) is 0 Å². The first-order chi connectivity index (χ1) is 13.8. The molecule has 0 aliphatic heterocycles. The smallest absolute Gasteiger partial charge is 0.395 e. The monoisotopic (exact) mass is 408 g/mol. The molecule has 0 fully saturated rings. The van der Waals surface area contributed by atoms with Crippen LogP contribution < -0.4 is 11.1 Å². The Hall–Kier alpha value is -3.63. The van der Waals surface area contributed by atoms with Gasteiger partial charge in [-0.1, -0.05) is 13.8 Å². The molecule has 0 saturated carbocycles. The normalized spacial score (nSPS) is 11.4. The highest BCUT2D eigenvalue weighted by Crippen LogP contribution is 2.45. The van der Waals surface area contributed by atoms with Crippen LogP contribution in [0.4, 0.5) is 29.1 Å². The lowest BCUT2D eigenvalue weighted by Gasteiger charge is -2.17. The molecule has 0 bridgehead atoms. The number of rotatable bonds is 3. The van der Waals surface area contributed by atoms with Crippen LogP contribution in [0.2, 0.25) is 0 Å². The lowest BCUT2D eigenvalue weighted by molar-refractivity contribution is -0.139. The number of pyridine rings is 1. The highest BCUT2D eigenvalue weighted by atomic mass is 19.4. The van der Waals surface area contributed by atoms with Gasteiger partial charge in [-0.05, 0) is 17.7 Å². The Kier molecular flexibility index (Phi) is 5.14. The standard InChI is InChI=1S/C16H10F4N6O.C2H6/c17-13-12(16(18,19)20)11(8-3-23-25-15(8)14(13)21)7-1-2-10-24-9(22-6-27)5-26(10)4-7;1-2/h1-6H,21H2,(H,22,27)(H,23,25);1-2H3. The molecule has 0 saturated heterocycles. The zero-order chi connectivity index (χ0) is 21.3. The van der Waals surface area contributed by atoms with Gasteiger partial charge in [0.1, 0.15) is 11.2 Å². The van der Waals surface area contributed by atoms with E-state index >= 15 is 0 Å². The highest BCUT2D eigenvalue weighted by Gasteiger charge is 2.40. The van der Waals surface area contributed by atoms with E-state index in [1.165, 1.54) is 28.9 Å². The maximum Gasteiger partial charge on any atom is 0.419 e. The molecule has 4 N–H and O–H groups in total. The zero-order valence-corrected chi connectivity index (χ0v) is 15.3. The highest BCUT2D eigenvalue weighted by molar-refractivity contribution is 6.02. The Bertz CT molecular complexity index is 1190. The molecule has 0 unspecified atom stereocenters. The predicted octanol–water partition coefficient (Wildman–Crippen LogP) is 4.21. The van der Waals surface area contributed by atoms with Crippen LogP contribution in [0.1, 0.15) is 19.4 Å². The second-order valence-corrected chi connectivity index (χ2v) is 5.71. The lowest BCUT2D eigenvalue weighted by atomic mass is 9.95. The van der Waals surface area contributed by atoms with Crippen molar-refractivity contribution in [1.29, 1.82) is 0 Å². The summed E-state index contributed by atoms with van der Waals surface area (Å²) in [5.41, 5.74) is 3.46. The van der Waals surface area contributed by atoms with Crippen LogP contribution in [-0.2, 0) is 11.0 Å². The van der Waals surface area contributed by atoms with E-state index in [-0.39, 0.29) is 22.3 Å². The van der Waals surface area contributed by atoms with Gasteiger partial charge in [0.15, 0.2) is 11.6 Å². The summed E-state index contributed by atoms with van der Waals surface area (Å²) in [6, 6.07) is 2.82. The quantitative estimate of drug-likeness (QED) is 0.268. The van der Waals surface area contributed by atoms with Crippen LogP contribution in [0.5, 0.6) is 0 Å². The molecule has 4 rings (SSSR count). The van der Waals surface area contributed by atoms with Crippen LogP contribution in [0.15, 0.2) is 30.7 Å². The second-order valence-electron chi connectivity index (χ2n) is 5.71. The number of imidazole rings is 1. The van der Waals surface area contributed by atoms with E-state index in [1.54, 1.807) is 0 Å². The topological polar surface area (TPSA) is 101 Å². The number of nitrogen functional groups attached to an aromatic ring is 1. The van der Waals surface area contributed by atoms with E-state index in [0.29, 0.717) is 12.1 Å². The Balaban J connectivity index is 0.00000117. The van der Waals surface area contributed by atoms with E-state index in [1.807, 2.05) is 13.8 Å². The number of anilines is 2. The molecule has 0 radical (unpaired) electrons. The summed E-state index contributed by atoms with van der Waals surface area (Å²) in [6.07, 6.45) is -0.624. The molecule has 11 heteroatoms. The molecule has 4 aromatic rings. The molecular formula is C18H16F4N6O. The number of hydrogen-bond acceptors (Lipinski definition) is 4. The van der Waals surface area contributed by atoms with Crippen molar-refractivity contribution in [3.8, 4) is 11.1 Å². The Morgan fingerprint density at radius 3 is 2.62 bits per heavy atom. The molecule has 0 aliphatic rings. The van der Waals surface area contributed by atoms with Gasteiger partial charge in [-0.15, -0.1) is 0 Å². The summed E-state index contributed by atoms with van der Waals surface area (Å²) in [6.45, 7) is 4.00. The molecule has 29 heavy (non-hydrogen) atoms. The summed E-state index contributed by atoms with van der Waals surface area (Å²) in [7, 11) is 0. The second kappa shape index (κ2) is 7.41. The van der Waals surface area contributed by atoms with E-state index in [0.717, 1.165) is 6.20 Å². The number of fused-ring (bicyclic) bond motifs is 2. The van der Waals surface area contributed by atoms with Crippen LogP contribution in [0, 0.1) is 5.82 Å². The number of aromatic amines is 1. The fourth-order valence-electron chi connectivity index (χ4n) is 3.01. The van der Waals surface area contributed by atoms with Crippen molar-refractivity contribution >= 4 is 34.5 Å². The Labute approximate surface area is 161 Å². The maximum absolute atomic E-state index is 14.5. The van der Waals surface area contributed by atoms with E-state index in [9.17, 15) is 22.4 Å². The van der Waals surface area contributed by atoms with Crippen LogP contribution in [-0.4, -0.2) is 26.0 Å². The number of nitrogens with two attached hydrogens (primary N) is 1. The van der Waals surface area contributed by atoms with Crippen molar-refractivity contribution in [2.75, 3.05) is 11.1 Å². The average Bonchev–Trinajstić information content (AvgIpc) is 3.31. The number of carbonyl (C=O) groups excluding carboxylic acids is 1. The molecule has 0 spiro atoms. The summed E-state index contributed by atoms with van der Waals surface area (Å²) < 4.78 is 56.8. The van der Waals surface area contributed by atoms with Gasteiger partial charge in [-0.2, -0.15) is 18.3 Å². The summed E-state index contributed by atoms with van der Waals surface area (Å²) in [5, 5.41) is 8.51. The van der Waals surface area contributed by atoms with E-state index < -0.39 is 28.8 Å². The number of amides is 1. The first-order valence-corrected chi connectivity index (χ1v) is 8.51. The maximum atomic E-state index is 14.5. The van der Waals surface area contributed by atoms with Crippen molar-refractivity contribution in [3.63, 3.8) is 0 Å². The predicted molar refractivity (Wildman–Crippen MR) is 101 cm³/mol. The third-order valence-electron chi connectivity index (χ3n) is 4.11. The summed E-state index contributed by atoms with van der Waals surface area (Å²) >= 11 is 0. The van der Waals surface area contributed by atoms with Crippen molar-refractivity contribution in [2.24, 2.45) is 0 Å². The number of carbonyl (C=O) groups is 1. The fourth-order valence-corrected chi connectivity index (χ4v) is 3.01. The first kappa shape index (κ1) is 20.1. The summed E-state index contributed by atoms with van der Waals surface area (Å²) in [5.74, 6) is -1.35. The van der Waals surface area contributed by atoms with Crippen LogP contribution >= 0.6 is 0 Å². The average molecular weight is 408 g/mol. The molecule has 7 nitrogen and oxygen atoms in total. The molecule has 0 aliphatic carbocycles. The van der Waals surface area contributed by atoms with E-state index in [2.05, 4.69) is 20.5 Å². The molecule has 1 aromatic carbocycles. The molecule has 3 heterocycles. The number of benzene rings is 1. The minimum absolute atomic E-state index is 0.0236. The lowest BCUT2D eigenvalue weighted by Crippen LogP contribution is -2.13. The SMILES string of the molecule is CC.Nc1c(F)c(C(F)(F)F)c(-c2ccc3nc(NC=O)cn3c2)c2cn[nH]c12. The van der Waals surface area contributed by atoms with Gasteiger partial charge in [0.05, 0.1) is 23.6 Å². The number of alkyl halides is 3. The van der Waals surface area contributed by atoms with Crippen molar-refractivity contribution in [1.82, 2.24) is 19.6 Å². The number of aromatic nitrogens is 4. The van der Waals surface area contributed by atoms with E-state index in [4.69, 9.17) is 5.73 Å². The van der Waals surface area contributed by atoms with Crippen molar-refractivity contribution in [3.05, 3.63) is 42.1 Å². The minimum atomic E-state index is -4.98. The Morgan fingerprint density at radius 2 is 1.97 bits per heavy atom. The van der Waals surface area contributed by atoms with Crippen molar-refractivity contribution in [2.45, 2.75) is 20.0 Å². The van der Waals surface area contributed by atoms with Gasteiger partial charge in [0, 0.05) is 17.1 Å². The van der Waals surface area contributed by atoms with Gasteiger partial charge in [-0.3, -0.25) is 9.89 Å². The number of nitrogens with zero attached hydrogens (tertiary/aromatic N) is 3. The fraction of sp³-hybridized carbons (Fsp3) is 0.167. The molecular weight excluding hydrogens is 392 g/mol. The molecule has 152 valence electrons. The van der Waals surface area contributed by atoms with Gasteiger partial charge >= 0.3 is 6.18 Å². The molecule has 0 atom stereocenters. The Morgan fingerprint density at radius 1 is 1.24 bits per heavy atom. The summed E-state index contributed by atoms with van der Waals surface area (Å²) in [4.78, 5) is 14.6. The third-order valence-corrected chi connectivity index (χ3v) is 4.11.